The second kappa shape index (κ2) is 7.87. The summed E-state index contributed by atoms with van der Waals surface area (Å²) in [4.78, 5) is 42.7. The van der Waals surface area contributed by atoms with Crippen LogP contribution in [0.3, 0.4) is 0 Å². The van der Waals surface area contributed by atoms with Crippen molar-refractivity contribution < 1.29 is 19.1 Å². The van der Waals surface area contributed by atoms with Crippen molar-refractivity contribution in [3.05, 3.63) is 52.3 Å². The SMILES string of the molecule is CCn1c(=NC(=O)c2ccc(N3C(=O)CCC3=O)cc2)sc2c(C)ccc(OC)c21. The number of imide groups is 1. The van der Waals surface area contributed by atoms with Crippen molar-refractivity contribution in [1.82, 2.24) is 4.57 Å². The molecule has 2 heterocycles. The van der Waals surface area contributed by atoms with Gasteiger partial charge in [-0.1, -0.05) is 17.4 Å². The van der Waals surface area contributed by atoms with E-state index in [1.54, 1.807) is 31.4 Å². The molecule has 0 radical (unpaired) electrons. The number of carbonyl (C=O) groups is 3. The van der Waals surface area contributed by atoms with Gasteiger partial charge in [0.15, 0.2) is 4.80 Å². The number of ether oxygens (including phenoxy) is 1. The first-order chi connectivity index (χ1) is 14.4. The molecule has 3 aromatic rings. The zero-order chi connectivity index (χ0) is 21.4. The number of aryl methyl sites for hydroxylation is 2. The third-order valence-electron chi connectivity index (χ3n) is 5.14. The molecule has 30 heavy (non-hydrogen) atoms. The summed E-state index contributed by atoms with van der Waals surface area (Å²) in [5.74, 6) is -0.0809. The van der Waals surface area contributed by atoms with Crippen LogP contribution in [0.5, 0.6) is 5.75 Å². The zero-order valence-corrected chi connectivity index (χ0v) is 17.8. The maximum Gasteiger partial charge on any atom is 0.279 e. The molecule has 0 bridgehead atoms. The molecule has 2 aromatic carbocycles. The van der Waals surface area contributed by atoms with Crippen molar-refractivity contribution in [2.45, 2.75) is 33.2 Å². The maximum atomic E-state index is 12.8. The lowest BCUT2D eigenvalue weighted by molar-refractivity contribution is -0.121. The fraction of sp³-hybridized carbons (Fsp3) is 0.273. The largest absolute Gasteiger partial charge is 0.495 e. The van der Waals surface area contributed by atoms with E-state index in [1.165, 1.54) is 11.3 Å². The first-order valence-electron chi connectivity index (χ1n) is 9.66. The third kappa shape index (κ3) is 3.33. The van der Waals surface area contributed by atoms with Gasteiger partial charge in [-0.15, -0.1) is 0 Å². The number of rotatable bonds is 4. The molecule has 0 unspecified atom stereocenters. The molecule has 3 amide bonds. The number of benzene rings is 2. The van der Waals surface area contributed by atoms with Crippen molar-refractivity contribution in [3.63, 3.8) is 0 Å². The molecule has 1 aliphatic rings. The minimum absolute atomic E-state index is 0.220. The van der Waals surface area contributed by atoms with E-state index in [1.807, 2.05) is 30.5 Å². The van der Waals surface area contributed by atoms with Crippen LogP contribution < -0.4 is 14.4 Å². The molecule has 0 saturated carbocycles. The lowest BCUT2D eigenvalue weighted by Gasteiger charge is -2.13. The van der Waals surface area contributed by atoms with Crippen LogP contribution in [0.1, 0.15) is 35.7 Å². The Morgan fingerprint density at radius 3 is 2.37 bits per heavy atom. The fourth-order valence-electron chi connectivity index (χ4n) is 3.59. The van der Waals surface area contributed by atoms with Gasteiger partial charge in [0.25, 0.3) is 5.91 Å². The molecule has 8 heteroatoms. The Kier molecular flexibility index (Phi) is 5.26. The van der Waals surface area contributed by atoms with E-state index in [0.29, 0.717) is 22.6 Å². The molecule has 0 N–H and O–H groups in total. The monoisotopic (exact) mass is 423 g/mol. The van der Waals surface area contributed by atoms with E-state index in [0.717, 1.165) is 26.4 Å². The summed E-state index contributed by atoms with van der Waals surface area (Å²) in [6.07, 6.45) is 0.446. The molecule has 1 aliphatic heterocycles. The quantitative estimate of drug-likeness (QED) is 0.602. The molecule has 1 fully saturated rings. The van der Waals surface area contributed by atoms with Crippen LogP contribution in [0.15, 0.2) is 41.4 Å². The Labute approximate surface area is 177 Å². The first kappa shape index (κ1) is 20.0. The second-order valence-electron chi connectivity index (χ2n) is 6.98. The minimum Gasteiger partial charge on any atom is -0.495 e. The van der Waals surface area contributed by atoms with E-state index in [9.17, 15) is 14.4 Å². The van der Waals surface area contributed by atoms with Gasteiger partial charge in [0.2, 0.25) is 11.8 Å². The Morgan fingerprint density at radius 2 is 1.77 bits per heavy atom. The summed E-state index contributed by atoms with van der Waals surface area (Å²) in [6, 6.07) is 10.3. The highest BCUT2D eigenvalue weighted by molar-refractivity contribution is 7.16. The molecule has 1 saturated heterocycles. The first-order valence-corrected chi connectivity index (χ1v) is 10.5. The van der Waals surface area contributed by atoms with Crippen molar-refractivity contribution >= 4 is 45.0 Å². The summed E-state index contributed by atoms with van der Waals surface area (Å²) in [5, 5.41) is 0. The molecule has 154 valence electrons. The molecule has 4 rings (SSSR count). The number of thiazole rings is 1. The minimum atomic E-state index is -0.383. The van der Waals surface area contributed by atoms with Gasteiger partial charge in [0, 0.05) is 24.9 Å². The van der Waals surface area contributed by atoms with Crippen molar-refractivity contribution in [2.75, 3.05) is 12.0 Å². The van der Waals surface area contributed by atoms with Crippen LogP contribution in [0, 0.1) is 6.92 Å². The van der Waals surface area contributed by atoms with Gasteiger partial charge in [0.05, 0.1) is 17.5 Å². The van der Waals surface area contributed by atoms with Crippen molar-refractivity contribution in [2.24, 2.45) is 4.99 Å². The molecule has 1 aromatic heterocycles. The third-order valence-corrected chi connectivity index (χ3v) is 6.36. The number of methoxy groups -OCH3 is 1. The van der Waals surface area contributed by atoms with E-state index < -0.39 is 0 Å². The molecular formula is C22H21N3O4S. The highest BCUT2D eigenvalue weighted by Gasteiger charge is 2.30. The summed E-state index contributed by atoms with van der Waals surface area (Å²) in [7, 11) is 1.63. The van der Waals surface area contributed by atoms with Gasteiger partial charge >= 0.3 is 0 Å². The normalized spacial score (nSPS) is 14.8. The molecule has 0 spiro atoms. The maximum absolute atomic E-state index is 12.8. The van der Waals surface area contributed by atoms with E-state index in [-0.39, 0.29) is 30.6 Å². The van der Waals surface area contributed by atoms with Crippen LogP contribution in [-0.4, -0.2) is 29.4 Å². The van der Waals surface area contributed by atoms with E-state index in [2.05, 4.69) is 4.99 Å². The number of hydrogen-bond acceptors (Lipinski definition) is 5. The number of aromatic nitrogens is 1. The molecule has 0 atom stereocenters. The van der Waals surface area contributed by atoms with E-state index >= 15 is 0 Å². The van der Waals surface area contributed by atoms with Gasteiger partial charge < -0.3 is 9.30 Å². The number of hydrogen-bond donors (Lipinski definition) is 0. The van der Waals surface area contributed by atoms with E-state index in [4.69, 9.17) is 4.74 Å². The average Bonchev–Trinajstić information content (AvgIpc) is 3.28. The van der Waals surface area contributed by atoms with Crippen LogP contribution in [-0.2, 0) is 16.1 Å². The number of fused-ring (bicyclic) bond motifs is 1. The van der Waals surface area contributed by atoms with Crippen LogP contribution in [0.2, 0.25) is 0 Å². The summed E-state index contributed by atoms with van der Waals surface area (Å²) >= 11 is 1.45. The Balaban J connectivity index is 1.73. The van der Waals surface area contributed by atoms with Crippen molar-refractivity contribution in [3.8, 4) is 5.75 Å². The molecule has 0 aliphatic carbocycles. The van der Waals surface area contributed by atoms with Gasteiger partial charge in [-0.25, -0.2) is 0 Å². The highest BCUT2D eigenvalue weighted by atomic mass is 32.1. The lowest BCUT2D eigenvalue weighted by Crippen LogP contribution is -2.28. The number of carbonyl (C=O) groups excluding carboxylic acids is 3. The Hall–Kier alpha value is -3.26. The predicted octanol–water partition coefficient (Wildman–Crippen LogP) is 3.43. The second-order valence-corrected chi connectivity index (χ2v) is 7.96. The van der Waals surface area contributed by atoms with Crippen LogP contribution >= 0.6 is 11.3 Å². The average molecular weight is 423 g/mol. The Morgan fingerprint density at radius 1 is 1.10 bits per heavy atom. The topological polar surface area (TPSA) is 81.0 Å². The number of nitrogens with zero attached hydrogens (tertiary/aromatic N) is 3. The van der Waals surface area contributed by atoms with Gasteiger partial charge in [-0.05, 0) is 49.7 Å². The predicted molar refractivity (Wildman–Crippen MR) is 115 cm³/mol. The highest BCUT2D eigenvalue weighted by Crippen LogP contribution is 2.30. The van der Waals surface area contributed by atoms with Gasteiger partial charge in [0.1, 0.15) is 11.3 Å². The van der Waals surface area contributed by atoms with Gasteiger partial charge in [-0.3, -0.25) is 19.3 Å². The summed E-state index contributed by atoms with van der Waals surface area (Å²) < 4.78 is 8.51. The standard InChI is InChI=1S/C22H21N3O4S/c1-4-24-19-16(29-3)10-5-13(2)20(19)30-22(24)23-21(28)14-6-8-15(9-7-14)25-17(26)11-12-18(25)27/h5-10H,4,11-12H2,1-3H3. The number of amides is 3. The number of anilines is 1. The van der Waals surface area contributed by atoms with Crippen molar-refractivity contribution in [1.29, 1.82) is 0 Å². The lowest BCUT2D eigenvalue weighted by atomic mass is 10.2. The van der Waals surface area contributed by atoms with Crippen LogP contribution in [0.25, 0.3) is 10.2 Å². The van der Waals surface area contributed by atoms with Crippen LogP contribution in [0.4, 0.5) is 5.69 Å². The summed E-state index contributed by atoms with van der Waals surface area (Å²) in [6.45, 7) is 4.66. The van der Waals surface area contributed by atoms with Gasteiger partial charge in [-0.2, -0.15) is 4.99 Å². The zero-order valence-electron chi connectivity index (χ0n) is 17.0. The fourth-order valence-corrected chi connectivity index (χ4v) is 4.77. The smallest absolute Gasteiger partial charge is 0.279 e. The Bertz CT molecular complexity index is 1220. The summed E-state index contributed by atoms with van der Waals surface area (Å²) in [5.41, 5.74) is 2.89. The molecular weight excluding hydrogens is 402 g/mol. The molecule has 7 nitrogen and oxygen atoms in total.